The van der Waals surface area contributed by atoms with Crippen LogP contribution in [0.3, 0.4) is 0 Å². The highest BCUT2D eigenvalue weighted by Gasteiger charge is 2.82. The Labute approximate surface area is 179 Å². The Morgan fingerprint density at radius 3 is 1.28 bits per heavy atom. The van der Waals surface area contributed by atoms with Gasteiger partial charge in [0.25, 0.3) is 0 Å². The highest BCUT2D eigenvalue weighted by molar-refractivity contribution is 5.91. The third kappa shape index (κ3) is 5.54. The number of carbonyl (C=O) groups is 6. The van der Waals surface area contributed by atoms with Gasteiger partial charge in [-0.05, 0) is 0 Å². The minimum atomic E-state index is -4.66. The van der Waals surface area contributed by atoms with Gasteiger partial charge in [-0.2, -0.15) is 0 Å². The summed E-state index contributed by atoms with van der Waals surface area (Å²) in [5, 5.41) is 52.7. The molecule has 0 bridgehead atoms. The Morgan fingerprint density at radius 1 is 0.594 bits per heavy atom. The van der Waals surface area contributed by atoms with E-state index in [1.54, 1.807) is 0 Å². The van der Waals surface area contributed by atoms with Crippen LogP contribution in [-0.4, -0.2) is 91.1 Å². The lowest BCUT2D eigenvalue weighted by Gasteiger charge is -2.50. The summed E-state index contributed by atoms with van der Waals surface area (Å²) in [4.78, 5) is 69.7. The van der Waals surface area contributed by atoms with Gasteiger partial charge in [0.2, 0.25) is 0 Å². The van der Waals surface area contributed by atoms with Crippen LogP contribution in [0.15, 0.2) is 0 Å². The van der Waals surface area contributed by atoms with Crippen LogP contribution in [-0.2, 0) is 52.5 Å². The van der Waals surface area contributed by atoms with Crippen LogP contribution in [0.25, 0.3) is 0 Å². The third-order valence-electron chi connectivity index (χ3n) is 3.36. The average molecular weight is 470 g/mol. The first-order valence-electron chi connectivity index (χ1n) is 8.33. The maximum Gasteiger partial charge on any atom is 0.395 e. The van der Waals surface area contributed by atoms with Crippen LogP contribution in [0.4, 0.5) is 0 Å². The first-order chi connectivity index (χ1) is 14.3. The standard InChI is InChI=1S/C16H22O16/c1-7(18)28-12(23)14(25,30-9(3)20)16(27,32-11(5)22)15(26,31-10(4)21)13(24,6-17)29-8(2)19/h17,24-27H,6H2,1-5H3/t13-,14+,15-,16-/m0/s1. The molecule has 0 radical (unpaired) electrons. The first kappa shape index (κ1) is 28.8. The summed E-state index contributed by atoms with van der Waals surface area (Å²) < 4.78 is 21.1. The number of rotatable bonds is 9. The second-order valence-corrected chi connectivity index (χ2v) is 6.13. The molecule has 0 aliphatic carbocycles. The number of hydrogen-bond acceptors (Lipinski definition) is 16. The third-order valence-corrected chi connectivity index (χ3v) is 3.36. The molecule has 32 heavy (non-hydrogen) atoms. The topological polar surface area (TPSA) is 250 Å². The molecule has 0 fully saturated rings. The molecule has 16 nitrogen and oxygen atoms in total. The molecular weight excluding hydrogens is 448 g/mol. The van der Waals surface area contributed by atoms with Gasteiger partial charge in [0, 0.05) is 34.6 Å². The van der Waals surface area contributed by atoms with Crippen LogP contribution in [0.5, 0.6) is 0 Å². The lowest BCUT2D eigenvalue weighted by atomic mass is 9.88. The summed E-state index contributed by atoms with van der Waals surface area (Å²) >= 11 is 0. The predicted octanol–water partition coefficient (Wildman–Crippen LogP) is -3.92. The Bertz CT molecular complexity index is 806. The molecule has 0 amide bonds. The minimum Gasteiger partial charge on any atom is -0.423 e. The van der Waals surface area contributed by atoms with Crippen LogP contribution in [0.2, 0.25) is 0 Å². The van der Waals surface area contributed by atoms with E-state index in [2.05, 4.69) is 23.7 Å². The molecule has 5 N–H and O–H groups in total. The van der Waals surface area contributed by atoms with Gasteiger partial charge in [-0.3, -0.25) is 24.0 Å². The monoisotopic (exact) mass is 470 g/mol. The molecular formula is C16H22O16. The number of aliphatic hydroxyl groups is 5. The molecule has 0 saturated carbocycles. The fraction of sp³-hybridized carbons (Fsp3) is 0.625. The summed E-state index contributed by atoms with van der Waals surface area (Å²) in [6, 6.07) is 0. The van der Waals surface area contributed by atoms with Gasteiger partial charge >= 0.3 is 59.0 Å². The number of carbonyl (C=O) groups excluding carboxylic acids is 6. The fourth-order valence-electron chi connectivity index (χ4n) is 2.30. The quantitative estimate of drug-likeness (QED) is 0.0933. The molecule has 0 aliphatic rings. The predicted molar refractivity (Wildman–Crippen MR) is 90.7 cm³/mol. The Kier molecular flexibility index (Phi) is 8.97. The van der Waals surface area contributed by atoms with Crippen molar-refractivity contribution in [3.8, 4) is 0 Å². The Hall–Kier alpha value is -3.18. The van der Waals surface area contributed by atoms with Crippen molar-refractivity contribution in [2.75, 3.05) is 6.61 Å². The second-order valence-electron chi connectivity index (χ2n) is 6.13. The molecule has 0 aromatic rings. The van der Waals surface area contributed by atoms with Gasteiger partial charge in [0.05, 0.1) is 0 Å². The van der Waals surface area contributed by atoms with Crippen LogP contribution < -0.4 is 0 Å². The number of ether oxygens (including phenoxy) is 5. The normalized spacial score (nSPS) is 18.3. The highest BCUT2D eigenvalue weighted by Crippen LogP contribution is 2.44. The lowest BCUT2D eigenvalue weighted by molar-refractivity contribution is -0.494. The van der Waals surface area contributed by atoms with E-state index in [9.17, 15) is 54.3 Å². The zero-order valence-electron chi connectivity index (χ0n) is 17.4. The number of esters is 6. The van der Waals surface area contributed by atoms with Crippen LogP contribution in [0.1, 0.15) is 34.6 Å². The van der Waals surface area contributed by atoms with E-state index in [0.29, 0.717) is 34.6 Å². The van der Waals surface area contributed by atoms with Crippen molar-refractivity contribution in [3.63, 3.8) is 0 Å². The Morgan fingerprint density at radius 2 is 0.969 bits per heavy atom. The van der Waals surface area contributed by atoms with E-state index in [4.69, 9.17) is 0 Å². The number of aliphatic hydroxyl groups excluding tert-OH is 1. The maximum atomic E-state index is 12.4. The lowest BCUT2D eigenvalue weighted by Crippen LogP contribution is -2.82. The van der Waals surface area contributed by atoms with E-state index in [-0.39, 0.29) is 0 Å². The van der Waals surface area contributed by atoms with Crippen molar-refractivity contribution in [1.82, 2.24) is 0 Å². The summed E-state index contributed by atoms with van der Waals surface area (Å²) in [5.74, 6) is -28.2. The summed E-state index contributed by atoms with van der Waals surface area (Å²) in [7, 11) is 0. The summed E-state index contributed by atoms with van der Waals surface area (Å²) in [5.41, 5.74) is 0. The number of hydrogen-bond donors (Lipinski definition) is 5. The highest BCUT2D eigenvalue weighted by atomic mass is 16.8. The first-order valence-corrected chi connectivity index (χ1v) is 8.33. The fourth-order valence-corrected chi connectivity index (χ4v) is 2.30. The molecule has 0 aliphatic heterocycles. The van der Waals surface area contributed by atoms with E-state index in [1.807, 2.05) is 0 Å². The minimum absolute atomic E-state index is 0.480. The van der Waals surface area contributed by atoms with Gasteiger partial charge in [0.15, 0.2) is 0 Å². The average Bonchev–Trinajstić information content (AvgIpc) is 2.57. The second kappa shape index (κ2) is 9.96. The maximum absolute atomic E-state index is 12.4. The molecule has 0 spiro atoms. The van der Waals surface area contributed by atoms with E-state index >= 15 is 0 Å². The van der Waals surface area contributed by atoms with Gasteiger partial charge in [0.1, 0.15) is 6.61 Å². The molecule has 16 heteroatoms. The molecule has 182 valence electrons. The van der Waals surface area contributed by atoms with Crippen molar-refractivity contribution in [2.24, 2.45) is 0 Å². The van der Waals surface area contributed by atoms with Crippen molar-refractivity contribution in [3.05, 3.63) is 0 Å². The molecule has 0 saturated heterocycles. The summed E-state index contributed by atoms with van der Waals surface area (Å²) in [6.45, 7) is 0.713. The van der Waals surface area contributed by atoms with Gasteiger partial charge < -0.3 is 49.2 Å². The largest absolute Gasteiger partial charge is 0.423 e. The van der Waals surface area contributed by atoms with Gasteiger partial charge in [-0.1, -0.05) is 0 Å². The molecule has 0 aromatic heterocycles. The zero-order valence-corrected chi connectivity index (χ0v) is 17.4. The van der Waals surface area contributed by atoms with Crippen molar-refractivity contribution >= 4 is 35.8 Å². The van der Waals surface area contributed by atoms with Crippen LogP contribution >= 0.6 is 0 Å². The van der Waals surface area contributed by atoms with E-state index in [0.717, 1.165) is 0 Å². The molecule has 0 aromatic carbocycles. The smallest absolute Gasteiger partial charge is 0.395 e. The molecule has 0 heterocycles. The van der Waals surface area contributed by atoms with Crippen molar-refractivity contribution in [2.45, 2.75) is 57.8 Å². The molecule has 0 rings (SSSR count). The zero-order chi connectivity index (χ0) is 25.7. The van der Waals surface area contributed by atoms with E-state index < -0.39 is 65.6 Å². The van der Waals surface area contributed by atoms with Gasteiger partial charge in [-0.15, -0.1) is 0 Å². The van der Waals surface area contributed by atoms with Crippen molar-refractivity contribution < 1.29 is 78.0 Å². The summed E-state index contributed by atoms with van der Waals surface area (Å²) in [6.07, 6.45) is 0. The van der Waals surface area contributed by atoms with Crippen LogP contribution in [0, 0.1) is 0 Å². The molecule has 0 unspecified atom stereocenters. The Balaban J connectivity index is 7.49. The SMILES string of the molecule is CC(=O)OC(=O)[C@@](O)(OC(C)=O)[C@](O)(OC(C)=O)[C@@](O)(OC(C)=O)[C@](O)(CO)OC(C)=O. The van der Waals surface area contributed by atoms with Gasteiger partial charge in [-0.25, -0.2) is 4.79 Å². The molecule has 4 atom stereocenters. The van der Waals surface area contributed by atoms with E-state index in [1.165, 1.54) is 0 Å². The van der Waals surface area contributed by atoms with Crippen molar-refractivity contribution in [1.29, 1.82) is 0 Å².